The molecule has 0 amide bonds. The molecule has 18 heavy (non-hydrogen) atoms. The van der Waals surface area contributed by atoms with E-state index in [0.29, 0.717) is 0 Å². The Labute approximate surface area is 111 Å². The minimum atomic E-state index is 0.724. The maximum Gasteiger partial charge on any atom is 0.0234 e. The molecule has 1 unspecified atom stereocenters. The lowest BCUT2D eigenvalue weighted by atomic mass is 10.1. The van der Waals surface area contributed by atoms with Gasteiger partial charge in [0, 0.05) is 25.7 Å². The maximum absolute atomic E-state index is 5.56. The molecule has 0 radical (unpaired) electrons. The van der Waals surface area contributed by atoms with Gasteiger partial charge in [0.25, 0.3) is 0 Å². The van der Waals surface area contributed by atoms with Crippen molar-refractivity contribution in [3.63, 3.8) is 0 Å². The zero-order valence-corrected chi connectivity index (χ0v) is 11.6. The van der Waals surface area contributed by atoms with Crippen molar-refractivity contribution in [3.05, 3.63) is 35.4 Å². The molecule has 1 saturated heterocycles. The molecule has 1 fully saturated rings. The highest BCUT2D eigenvalue weighted by Crippen LogP contribution is 2.16. The van der Waals surface area contributed by atoms with E-state index in [9.17, 15) is 0 Å². The lowest BCUT2D eigenvalue weighted by molar-refractivity contribution is 0.264. The third-order valence-electron chi connectivity index (χ3n) is 3.84. The van der Waals surface area contributed by atoms with Crippen LogP contribution >= 0.6 is 0 Å². The zero-order valence-electron chi connectivity index (χ0n) is 11.6. The van der Waals surface area contributed by atoms with Gasteiger partial charge in [0.05, 0.1) is 0 Å². The summed E-state index contributed by atoms with van der Waals surface area (Å²) in [5.41, 5.74) is 8.32. The van der Waals surface area contributed by atoms with E-state index in [1.807, 2.05) is 0 Å². The van der Waals surface area contributed by atoms with E-state index in [2.05, 4.69) is 48.2 Å². The minimum absolute atomic E-state index is 0.724. The highest BCUT2D eigenvalue weighted by Gasteiger charge is 2.23. The van der Waals surface area contributed by atoms with Gasteiger partial charge in [0.15, 0.2) is 0 Å². The first-order chi connectivity index (χ1) is 8.69. The molecule has 1 aromatic rings. The first-order valence-corrected chi connectivity index (χ1v) is 6.85. The summed E-state index contributed by atoms with van der Waals surface area (Å²) in [6.45, 7) is 4.22. The standard InChI is InChI=1S/C15H25N3/c1-17(2)15-8-10-18(12-15)11-14-5-3-13(4-6-14)7-9-16/h3-6,15H,7-12,16H2,1-2H3. The Morgan fingerprint density at radius 3 is 2.44 bits per heavy atom. The fourth-order valence-corrected chi connectivity index (χ4v) is 2.61. The van der Waals surface area contributed by atoms with Gasteiger partial charge in [-0.1, -0.05) is 24.3 Å². The Morgan fingerprint density at radius 2 is 1.89 bits per heavy atom. The summed E-state index contributed by atoms with van der Waals surface area (Å²) < 4.78 is 0. The van der Waals surface area contributed by atoms with E-state index >= 15 is 0 Å². The number of likely N-dealkylation sites (tertiary alicyclic amines) is 1. The minimum Gasteiger partial charge on any atom is -0.330 e. The van der Waals surface area contributed by atoms with Crippen LogP contribution in [0.4, 0.5) is 0 Å². The zero-order chi connectivity index (χ0) is 13.0. The lowest BCUT2D eigenvalue weighted by Gasteiger charge is -2.20. The molecule has 2 N–H and O–H groups in total. The summed E-state index contributed by atoms with van der Waals surface area (Å²) in [6.07, 6.45) is 2.27. The quantitative estimate of drug-likeness (QED) is 0.852. The molecular weight excluding hydrogens is 222 g/mol. The second-order valence-electron chi connectivity index (χ2n) is 5.50. The Morgan fingerprint density at radius 1 is 1.22 bits per heavy atom. The molecule has 1 aliphatic rings. The van der Waals surface area contributed by atoms with Crippen LogP contribution in [0.3, 0.4) is 0 Å². The summed E-state index contributed by atoms with van der Waals surface area (Å²) in [4.78, 5) is 4.88. The summed E-state index contributed by atoms with van der Waals surface area (Å²) in [6, 6.07) is 9.63. The number of hydrogen-bond donors (Lipinski definition) is 1. The van der Waals surface area contributed by atoms with Crippen molar-refractivity contribution >= 4 is 0 Å². The number of benzene rings is 1. The first-order valence-electron chi connectivity index (χ1n) is 6.85. The van der Waals surface area contributed by atoms with Crippen LogP contribution in [0.2, 0.25) is 0 Å². The van der Waals surface area contributed by atoms with E-state index in [1.54, 1.807) is 0 Å². The molecule has 100 valence electrons. The van der Waals surface area contributed by atoms with E-state index in [4.69, 9.17) is 5.73 Å². The van der Waals surface area contributed by atoms with Gasteiger partial charge in [0.1, 0.15) is 0 Å². The molecule has 1 aromatic carbocycles. The van der Waals surface area contributed by atoms with Gasteiger partial charge in [-0.15, -0.1) is 0 Å². The van der Waals surface area contributed by atoms with Crippen LogP contribution in [0.1, 0.15) is 17.5 Å². The van der Waals surface area contributed by atoms with Crippen LogP contribution < -0.4 is 5.73 Å². The van der Waals surface area contributed by atoms with E-state index in [1.165, 1.54) is 30.6 Å². The number of likely N-dealkylation sites (N-methyl/N-ethyl adjacent to an activating group) is 1. The van der Waals surface area contributed by atoms with Gasteiger partial charge in [-0.3, -0.25) is 4.90 Å². The van der Waals surface area contributed by atoms with Gasteiger partial charge >= 0.3 is 0 Å². The second kappa shape index (κ2) is 6.32. The molecule has 0 bridgehead atoms. The molecule has 1 atom stereocenters. The fraction of sp³-hybridized carbons (Fsp3) is 0.600. The molecule has 0 spiro atoms. The predicted molar refractivity (Wildman–Crippen MR) is 76.6 cm³/mol. The first kappa shape index (κ1) is 13.5. The topological polar surface area (TPSA) is 32.5 Å². The van der Waals surface area contributed by atoms with Gasteiger partial charge in [0.2, 0.25) is 0 Å². The van der Waals surface area contributed by atoms with Crippen molar-refractivity contribution in [1.82, 2.24) is 9.80 Å². The Bertz CT molecular complexity index is 359. The van der Waals surface area contributed by atoms with Crippen molar-refractivity contribution in [2.24, 2.45) is 5.73 Å². The number of hydrogen-bond acceptors (Lipinski definition) is 3. The smallest absolute Gasteiger partial charge is 0.0234 e. The number of nitrogens with zero attached hydrogens (tertiary/aromatic N) is 2. The van der Waals surface area contributed by atoms with Crippen LogP contribution in [0.25, 0.3) is 0 Å². The second-order valence-corrected chi connectivity index (χ2v) is 5.50. The molecule has 0 saturated carbocycles. The third kappa shape index (κ3) is 3.55. The molecule has 3 heteroatoms. The summed E-state index contributed by atoms with van der Waals surface area (Å²) in [5, 5.41) is 0. The Balaban J connectivity index is 1.86. The van der Waals surface area contributed by atoms with Gasteiger partial charge in [-0.05, 0) is 44.6 Å². The third-order valence-corrected chi connectivity index (χ3v) is 3.84. The largest absolute Gasteiger partial charge is 0.330 e. The Hall–Kier alpha value is -0.900. The van der Waals surface area contributed by atoms with Crippen molar-refractivity contribution < 1.29 is 0 Å². The Kier molecular flexibility index (Phi) is 4.75. The number of rotatable bonds is 5. The highest BCUT2D eigenvalue weighted by molar-refractivity contribution is 5.22. The van der Waals surface area contributed by atoms with Crippen LogP contribution in [0, 0.1) is 0 Å². The van der Waals surface area contributed by atoms with Gasteiger partial charge < -0.3 is 10.6 Å². The van der Waals surface area contributed by atoms with Crippen LogP contribution in [0.5, 0.6) is 0 Å². The molecule has 1 heterocycles. The van der Waals surface area contributed by atoms with E-state index in [-0.39, 0.29) is 0 Å². The monoisotopic (exact) mass is 247 g/mol. The highest BCUT2D eigenvalue weighted by atomic mass is 15.2. The number of nitrogens with two attached hydrogens (primary N) is 1. The maximum atomic E-state index is 5.56. The molecule has 3 nitrogen and oxygen atoms in total. The normalized spacial score (nSPS) is 20.8. The van der Waals surface area contributed by atoms with Crippen LogP contribution in [0.15, 0.2) is 24.3 Å². The van der Waals surface area contributed by atoms with Crippen molar-refractivity contribution in [2.75, 3.05) is 33.7 Å². The fourth-order valence-electron chi connectivity index (χ4n) is 2.61. The van der Waals surface area contributed by atoms with Crippen molar-refractivity contribution in [2.45, 2.75) is 25.4 Å². The summed E-state index contributed by atoms with van der Waals surface area (Å²) >= 11 is 0. The predicted octanol–water partition coefficient (Wildman–Crippen LogP) is 1.32. The van der Waals surface area contributed by atoms with Crippen molar-refractivity contribution in [1.29, 1.82) is 0 Å². The lowest BCUT2D eigenvalue weighted by Crippen LogP contribution is -2.31. The summed E-state index contributed by atoms with van der Waals surface area (Å²) in [5.74, 6) is 0. The molecule has 1 aliphatic heterocycles. The van der Waals surface area contributed by atoms with Crippen molar-refractivity contribution in [3.8, 4) is 0 Å². The SMILES string of the molecule is CN(C)C1CCN(Cc2ccc(CCN)cc2)C1. The average molecular weight is 247 g/mol. The summed E-state index contributed by atoms with van der Waals surface area (Å²) in [7, 11) is 4.35. The van der Waals surface area contributed by atoms with Gasteiger partial charge in [-0.25, -0.2) is 0 Å². The van der Waals surface area contributed by atoms with E-state index < -0.39 is 0 Å². The molecule has 2 rings (SSSR count). The average Bonchev–Trinajstić information content (AvgIpc) is 2.81. The molecular formula is C15H25N3. The van der Waals surface area contributed by atoms with Gasteiger partial charge in [-0.2, -0.15) is 0 Å². The van der Waals surface area contributed by atoms with Crippen LogP contribution in [-0.2, 0) is 13.0 Å². The van der Waals surface area contributed by atoms with E-state index in [0.717, 1.165) is 25.6 Å². The molecule has 0 aliphatic carbocycles. The van der Waals surface area contributed by atoms with Crippen LogP contribution in [-0.4, -0.2) is 49.6 Å². The molecule has 0 aromatic heterocycles.